The molecule has 1 aliphatic rings. The van der Waals surface area contributed by atoms with Crippen LogP contribution >= 0.6 is 0 Å². The van der Waals surface area contributed by atoms with E-state index in [-0.39, 0.29) is 17.9 Å². The fraction of sp³-hybridized carbons (Fsp3) is 0.476. The van der Waals surface area contributed by atoms with Crippen LogP contribution < -0.4 is 10.2 Å². The van der Waals surface area contributed by atoms with Gasteiger partial charge in [-0.05, 0) is 51.7 Å². The number of nitrogens with one attached hydrogen (secondary N) is 1. The fourth-order valence-electron chi connectivity index (χ4n) is 3.45. The summed E-state index contributed by atoms with van der Waals surface area (Å²) < 4.78 is 1.95. The van der Waals surface area contributed by atoms with Gasteiger partial charge in [-0.3, -0.25) is 9.59 Å². The molecule has 0 aliphatic carbocycles. The summed E-state index contributed by atoms with van der Waals surface area (Å²) in [5.41, 5.74) is 2.13. The first kappa shape index (κ1) is 19.1. The Kier molecular flexibility index (Phi) is 5.94. The standard InChI is InChI=1S/C21H28N4O2/c1-4-15(3)22-20(26)18-17-13-9-10-14-25(17)19(23-18)21(27)24(5-2)16-11-7-6-8-12-16/h6-8,11-12,15H,4-5,9-10,13-14H2,1-3H3,(H,22,26). The third-order valence-electron chi connectivity index (χ3n) is 5.14. The minimum Gasteiger partial charge on any atom is -0.348 e. The highest BCUT2D eigenvalue weighted by Crippen LogP contribution is 2.24. The van der Waals surface area contributed by atoms with Gasteiger partial charge in [-0.1, -0.05) is 25.1 Å². The van der Waals surface area contributed by atoms with Gasteiger partial charge in [0.2, 0.25) is 5.82 Å². The predicted molar refractivity (Wildman–Crippen MR) is 106 cm³/mol. The number of hydrogen-bond acceptors (Lipinski definition) is 3. The zero-order valence-electron chi connectivity index (χ0n) is 16.4. The molecule has 0 fully saturated rings. The molecular formula is C21H28N4O2. The first-order valence-corrected chi connectivity index (χ1v) is 9.84. The Morgan fingerprint density at radius 1 is 1.22 bits per heavy atom. The molecule has 0 saturated carbocycles. The number of fused-ring (bicyclic) bond motifs is 1. The van der Waals surface area contributed by atoms with E-state index in [2.05, 4.69) is 10.3 Å². The predicted octanol–water partition coefficient (Wildman–Crippen LogP) is 3.41. The molecule has 2 amide bonds. The minimum atomic E-state index is -0.184. The van der Waals surface area contributed by atoms with Crippen molar-refractivity contribution in [1.29, 1.82) is 0 Å². The maximum atomic E-state index is 13.3. The van der Waals surface area contributed by atoms with Crippen LogP contribution in [0.1, 0.15) is 66.8 Å². The van der Waals surface area contributed by atoms with E-state index in [0.717, 1.165) is 43.6 Å². The monoisotopic (exact) mass is 368 g/mol. The number of anilines is 1. The van der Waals surface area contributed by atoms with E-state index in [1.54, 1.807) is 4.90 Å². The largest absolute Gasteiger partial charge is 0.348 e. The van der Waals surface area contributed by atoms with Crippen molar-refractivity contribution in [3.8, 4) is 0 Å². The second-order valence-corrected chi connectivity index (χ2v) is 7.01. The molecule has 0 bridgehead atoms. The number of para-hydroxylation sites is 1. The Morgan fingerprint density at radius 3 is 2.63 bits per heavy atom. The molecule has 27 heavy (non-hydrogen) atoms. The van der Waals surface area contributed by atoms with Crippen molar-refractivity contribution in [2.24, 2.45) is 0 Å². The van der Waals surface area contributed by atoms with Crippen molar-refractivity contribution in [2.75, 3.05) is 11.4 Å². The molecular weight excluding hydrogens is 340 g/mol. The van der Waals surface area contributed by atoms with Gasteiger partial charge < -0.3 is 14.8 Å². The molecule has 2 aromatic rings. The quantitative estimate of drug-likeness (QED) is 0.850. The second-order valence-electron chi connectivity index (χ2n) is 7.01. The van der Waals surface area contributed by atoms with Gasteiger partial charge in [0.1, 0.15) is 5.69 Å². The van der Waals surface area contributed by atoms with E-state index in [9.17, 15) is 9.59 Å². The minimum absolute atomic E-state index is 0.0778. The molecule has 1 aliphatic heterocycles. The van der Waals surface area contributed by atoms with Gasteiger partial charge in [-0.15, -0.1) is 0 Å². The van der Waals surface area contributed by atoms with Gasteiger partial charge in [0.05, 0.1) is 5.69 Å². The molecule has 0 saturated heterocycles. The second kappa shape index (κ2) is 8.37. The van der Waals surface area contributed by atoms with E-state index in [1.165, 1.54) is 0 Å². The number of amides is 2. The van der Waals surface area contributed by atoms with Crippen LogP contribution in [0.3, 0.4) is 0 Å². The van der Waals surface area contributed by atoms with E-state index in [4.69, 9.17) is 0 Å². The summed E-state index contributed by atoms with van der Waals surface area (Å²) in [5.74, 6) is 0.0240. The molecule has 0 spiro atoms. The molecule has 2 heterocycles. The molecule has 1 atom stereocenters. The number of benzene rings is 1. The SMILES string of the molecule is CCC(C)NC(=O)c1nc(C(=O)N(CC)c2ccccc2)n2c1CCCC2. The van der Waals surface area contributed by atoms with Crippen LogP contribution in [0, 0.1) is 0 Å². The number of imidazole rings is 1. The highest BCUT2D eigenvalue weighted by atomic mass is 16.2. The summed E-state index contributed by atoms with van der Waals surface area (Å²) in [6.07, 6.45) is 3.64. The average molecular weight is 368 g/mol. The highest BCUT2D eigenvalue weighted by molar-refractivity contribution is 6.05. The molecule has 6 nitrogen and oxygen atoms in total. The molecule has 1 N–H and O–H groups in total. The van der Waals surface area contributed by atoms with Gasteiger partial charge in [-0.25, -0.2) is 4.98 Å². The highest BCUT2D eigenvalue weighted by Gasteiger charge is 2.30. The van der Waals surface area contributed by atoms with Gasteiger partial charge in [0, 0.05) is 24.8 Å². The van der Waals surface area contributed by atoms with Crippen molar-refractivity contribution in [3.05, 3.63) is 47.5 Å². The average Bonchev–Trinajstić information content (AvgIpc) is 3.09. The first-order valence-electron chi connectivity index (χ1n) is 9.84. The van der Waals surface area contributed by atoms with Crippen molar-refractivity contribution in [1.82, 2.24) is 14.9 Å². The normalized spacial score (nSPS) is 14.3. The molecule has 1 aromatic carbocycles. The fourth-order valence-corrected chi connectivity index (χ4v) is 3.45. The van der Waals surface area contributed by atoms with Gasteiger partial charge in [0.25, 0.3) is 11.8 Å². The summed E-state index contributed by atoms with van der Waals surface area (Å²) in [6.45, 7) is 7.22. The topological polar surface area (TPSA) is 67.2 Å². The lowest BCUT2D eigenvalue weighted by Gasteiger charge is -2.22. The molecule has 3 rings (SSSR count). The first-order chi connectivity index (χ1) is 13.1. The van der Waals surface area contributed by atoms with Gasteiger partial charge >= 0.3 is 0 Å². The van der Waals surface area contributed by atoms with Crippen molar-refractivity contribution >= 4 is 17.5 Å². The molecule has 1 unspecified atom stereocenters. The third kappa shape index (κ3) is 3.89. The molecule has 1 aromatic heterocycles. The lowest BCUT2D eigenvalue weighted by atomic mass is 10.1. The summed E-state index contributed by atoms with van der Waals surface area (Å²) in [6, 6.07) is 9.66. The lowest BCUT2D eigenvalue weighted by molar-refractivity contribution is 0.0933. The number of hydrogen-bond donors (Lipinski definition) is 1. The summed E-state index contributed by atoms with van der Waals surface area (Å²) >= 11 is 0. The van der Waals surface area contributed by atoms with Crippen LogP contribution in [-0.2, 0) is 13.0 Å². The van der Waals surface area contributed by atoms with Crippen LogP contribution in [0.15, 0.2) is 30.3 Å². The number of carbonyl (C=O) groups is 2. The Morgan fingerprint density at radius 2 is 1.96 bits per heavy atom. The molecule has 6 heteroatoms. The summed E-state index contributed by atoms with van der Waals surface area (Å²) in [7, 11) is 0. The summed E-state index contributed by atoms with van der Waals surface area (Å²) in [4.78, 5) is 32.2. The number of rotatable bonds is 6. The van der Waals surface area contributed by atoms with Crippen LogP contribution in [0.4, 0.5) is 5.69 Å². The van der Waals surface area contributed by atoms with Gasteiger partial charge in [0.15, 0.2) is 0 Å². The van der Waals surface area contributed by atoms with Crippen molar-refractivity contribution in [2.45, 2.75) is 59.0 Å². The van der Waals surface area contributed by atoms with Crippen LogP contribution in [0.25, 0.3) is 0 Å². The van der Waals surface area contributed by atoms with Crippen LogP contribution in [0.2, 0.25) is 0 Å². The van der Waals surface area contributed by atoms with E-state index in [0.29, 0.717) is 18.1 Å². The van der Waals surface area contributed by atoms with E-state index in [1.807, 2.05) is 55.7 Å². The van der Waals surface area contributed by atoms with Crippen molar-refractivity contribution < 1.29 is 9.59 Å². The van der Waals surface area contributed by atoms with E-state index >= 15 is 0 Å². The third-order valence-corrected chi connectivity index (χ3v) is 5.14. The zero-order valence-corrected chi connectivity index (χ0v) is 16.4. The van der Waals surface area contributed by atoms with Crippen LogP contribution in [-0.4, -0.2) is 34.0 Å². The lowest BCUT2D eigenvalue weighted by Crippen LogP contribution is -2.33. The number of aromatic nitrogens is 2. The van der Waals surface area contributed by atoms with Crippen molar-refractivity contribution in [3.63, 3.8) is 0 Å². The van der Waals surface area contributed by atoms with E-state index < -0.39 is 0 Å². The molecule has 0 radical (unpaired) electrons. The van der Waals surface area contributed by atoms with Crippen LogP contribution in [0.5, 0.6) is 0 Å². The van der Waals surface area contributed by atoms with Gasteiger partial charge in [-0.2, -0.15) is 0 Å². The maximum Gasteiger partial charge on any atom is 0.294 e. The smallest absolute Gasteiger partial charge is 0.294 e. The summed E-state index contributed by atoms with van der Waals surface area (Å²) in [5, 5.41) is 2.98. The number of nitrogens with zero attached hydrogens (tertiary/aromatic N) is 3. The Labute approximate surface area is 160 Å². The Hall–Kier alpha value is -2.63. The Balaban J connectivity index is 1.97. The molecule has 144 valence electrons. The zero-order chi connectivity index (χ0) is 19.4. The maximum absolute atomic E-state index is 13.3. The Bertz CT molecular complexity index is 813. The number of carbonyl (C=O) groups excluding carboxylic acids is 2.